The number of hydrogen-bond donors (Lipinski definition) is 2. The van der Waals surface area contributed by atoms with Gasteiger partial charge < -0.3 is 5.32 Å². The number of halogens is 2. The zero-order chi connectivity index (χ0) is 11.5. The molecule has 2 N–H and O–H groups in total. The van der Waals surface area contributed by atoms with E-state index in [1.165, 1.54) is 12.1 Å². The van der Waals surface area contributed by atoms with Gasteiger partial charge in [0.1, 0.15) is 5.82 Å². The van der Waals surface area contributed by atoms with E-state index in [0.29, 0.717) is 10.2 Å². The summed E-state index contributed by atoms with van der Waals surface area (Å²) in [6, 6.07) is 4.22. The molecule has 0 atom stereocenters. The second kappa shape index (κ2) is 4.35. The van der Waals surface area contributed by atoms with Crippen molar-refractivity contribution in [3.8, 4) is 0 Å². The third-order valence-corrected chi connectivity index (χ3v) is 2.37. The number of benzene rings is 1. The van der Waals surface area contributed by atoms with Gasteiger partial charge in [0, 0.05) is 5.69 Å². The summed E-state index contributed by atoms with van der Waals surface area (Å²) >= 11 is 3.01. The predicted octanol–water partition coefficient (Wildman–Crippen LogP) is 1.35. The number of H-pyrrole nitrogens is 1. The average Bonchev–Trinajstić information content (AvgIpc) is 2.77. The topological polar surface area (TPSA) is 83.6 Å². The van der Waals surface area contributed by atoms with E-state index in [9.17, 15) is 9.18 Å². The Kier molecular flexibility index (Phi) is 2.91. The number of aromatic nitrogens is 4. The molecule has 2 aromatic rings. The van der Waals surface area contributed by atoms with Crippen LogP contribution in [0.1, 0.15) is 10.6 Å². The quantitative estimate of drug-likeness (QED) is 0.873. The van der Waals surface area contributed by atoms with Crippen molar-refractivity contribution in [2.24, 2.45) is 0 Å². The van der Waals surface area contributed by atoms with Gasteiger partial charge in [0.25, 0.3) is 11.7 Å². The van der Waals surface area contributed by atoms with Crippen LogP contribution in [-0.4, -0.2) is 26.5 Å². The number of tetrazole rings is 1. The Morgan fingerprint density at radius 2 is 2.31 bits per heavy atom. The highest BCUT2D eigenvalue weighted by Crippen LogP contribution is 2.19. The minimum Gasteiger partial charge on any atom is -0.319 e. The van der Waals surface area contributed by atoms with E-state index in [1.807, 2.05) is 0 Å². The molecule has 0 spiro atoms. The van der Waals surface area contributed by atoms with Crippen molar-refractivity contribution in [3.63, 3.8) is 0 Å². The van der Waals surface area contributed by atoms with E-state index in [-0.39, 0.29) is 5.82 Å². The van der Waals surface area contributed by atoms with Crippen LogP contribution in [-0.2, 0) is 0 Å². The average molecular weight is 286 g/mol. The molecule has 1 amide bonds. The van der Waals surface area contributed by atoms with Crippen LogP contribution in [0, 0.1) is 5.82 Å². The minimum atomic E-state index is -0.560. The Hall–Kier alpha value is -1.83. The van der Waals surface area contributed by atoms with Crippen LogP contribution < -0.4 is 5.32 Å². The van der Waals surface area contributed by atoms with E-state index in [4.69, 9.17) is 0 Å². The van der Waals surface area contributed by atoms with E-state index < -0.39 is 11.7 Å². The van der Waals surface area contributed by atoms with Crippen LogP contribution in [0.25, 0.3) is 0 Å². The molecule has 2 rings (SSSR count). The molecule has 0 fully saturated rings. The summed E-state index contributed by atoms with van der Waals surface area (Å²) < 4.78 is 13.4. The molecular weight excluding hydrogens is 281 g/mol. The highest BCUT2D eigenvalue weighted by Gasteiger charge is 2.11. The molecule has 16 heavy (non-hydrogen) atoms. The minimum absolute atomic E-state index is 0.108. The van der Waals surface area contributed by atoms with E-state index in [2.05, 4.69) is 41.9 Å². The van der Waals surface area contributed by atoms with Gasteiger partial charge in [-0.3, -0.25) is 4.79 Å². The lowest BCUT2D eigenvalue weighted by Crippen LogP contribution is -2.13. The van der Waals surface area contributed by atoms with E-state index in [1.54, 1.807) is 6.07 Å². The summed E-state index contributed by atoms with van der Waals surface area (Å²) in [6.07, 6.45) is 0. The van der Waals surface area contributed by atoms with Gasteiger partial charge in [-0.25, -0.2) is 4.39 Å². The standard InChI is InChI=1S/C8H5BrFN5O/c9-5-2-1-4(3-6(5)10)11-8(16)7-12-14-15-13-7/h1-3H,(H,11,16)(H,12,13,14,15). The van der Waals surface area contributed by atoms with Gasteiger partial charge in [-0.05, 0) is 39.3 Å². The highest BCUT2D eigenvalue weighted by atomic mass is 79.9. The van der Waals surface area contributed by atoms with Crippen molar-refractivity contribution in [3.05, 3.63) is 34.3 Å². The third-order valence-electron chi connectivity index (χ3n) is 1.73. The number of nitrogens with one attached hydrogen (secondary N) is 2. The summed E-state index contributed by atoms with van der Waals surface area (Å²) in [7, 11) is 0. The molecule has 1 aromatic carbocycles. The fraction of sp³-hybridized carbons (Fsp3) is 0. The Labute approximate surface area is 97.4 Å². The summed E-state index contributed by atoms with van der Waals surface area (Å²) in [5.41, 5.74) is 0.315. The molecule has 0 bridgehead atoms. The van der Waals surface area contributed by atoms with Crippen molar-refractivity contribution in [1.29, 1.82) is 0 Å². The number of hydrogen-bond acceptors (Lipinski definition) is 4. The molecule has 0 saturated carbocycles. The van der Waals surface area contributed by atoms with E-state index in [0.717, 1.165) is 0 Å². The molecule has 0 radical (unpaired) electrons. The Balaban J connectivity index is 2.15. The molecule has 0 aliphatic carbocycles. The van der Waals surface area contributed by atoms with Gasteiger partial charge in [-0.2, -0.15) is 5.21 Å². The first-order chi connectivity index (χ1) is 7.66. The molecule has 6 nitrogen and oxygen atoms in total. The van der Waals surface area contributed by atoms with Crippen molar-refractivity contribution in [2.75, 3.05) is 5.32 Å². The van der Waals surface area contributed by atoms with Crippen LogP contribution in [0.2, 0.25) is 0 Å². The lowest BCUT2D eigenvalue weighted by atomic mass is 10.3. The van der Waals surface area contributed by atoms with Gasteiger partial charge >= 0.3 is 0 Å². The number of anilines is 1. The van der Waals surface area contributed by atoms with Crippen LogP contribution >= 0.6 is 15.9 Å². The van der Waals surface area contributed by atoms with Gasteiger partial charge in [0.2, 0.25) is 0 Å². The Morgan fingerprint density at radius 3 is 2.94 bits per heavy atom. The number of carbonyl (C=O) groups excluding carboxylic acids is 1. The van der Waals surface area contributed by atoms with Crippen molar-refractivity contribution in [1.82, 2.24) is 20.6 Å². The molecule has 1 aromatic heterocycles. The smallest absolute Gasteiger partial charge is 0.297 e. The highest BCUT2D eigenvalue weighted by molar-refractivity contribution is 9.10. The fourth-order valence-electron chi connectivity index (χ4n) is 1.02. The normalized spacial score (nSPS) is 10.1. The van der Waals surface area contributed by atoms with Gasteiger partial charge in [0.15, 0.2) is 0 Å². The zero-order valence-corrected chi connectivity index (χ0v) is 9.32. The van der Waals surface area contributed by atoms with Gasteiger partial charge in [-0.1, -0.05) is 0 Å². The first-order valence-corrected chi connectivity index (χ1v) is 4.96. The Bertz CT molecular complexity index is 515. The van der Waals surface area contributed by atoms with Gasteiger partial charge in [0.05, 0.1) is 4.47 Å². The second-order valence-corrected chi connectivity index (χ2v) is 3.67. The first-order valence-electron chi connectivity index (χ1n) is 4.16. The SMILES string of the molecule is O=C(Nc1ccc(Br)c(F)c1)c1nn[nH]n1. The zero-order valence-electron chi connectivity index (χ0n) is 7.74. The van der Waals surface area contributed by atoms with Crippen molar-refractivity contribution < 1.29 is 9.18 Å². The monoisotopic (exact) mass is 285 g/mol. The van der Waals surface area contributed by atoms with Crippen molar-refractivity contribution in [2.45, 2.75) is 0 Å². The molecule has 0 aliphatic heterocycles. The fourth-order valence-corrected chi connectivity index (χ4v) is 1.27. The molecule has 8 heteroatoms. The molecule has 82 valence electrons. The maximum atomic E-state index is 13.1. The summed E-state index contributed by atoms with van der Waals surface area (Å²) in [6.45, 7) is 0. The lowest BCUT2D eigenvalue weighted by Gasteiger charge is -2.02. The van der Waals surface area contributed by atoms with Crippen LogP contribution in [0.4, 0.5) is 10.1 Å². The van der Waals surface area contributed by atoms with Crippen LogP contribution in [0.3, 0.4) is 0 Å². The summed E-state index contributed by atoms with van der Waals surface area (Å²) in [5, 5.41) is 14.8. The van der Waals surface area contributed by atoms with Crippen LogP contribution in [0.5, 0.6) is 0 Å². The summed E-state index contributed by atoms with van der Waals surface area (Å²) in [5.74, 6) is -1.13. The number of aromatic amines is 1. The second-order valence-electron chi connectivity index (χ2n) is 2.82. The number of rotatable bonds is 2. The molecule has 0 saturated heterocycles. The van der Waals surface area contributed by atoms with Crippen molar-refractivity contribution >= 4 is 27.5 Å². The number of carbonyl (C=O) groups is 1. The lowest BCUT2D eigenvalue weighted by molar-refractivity contribution is 0.101. The first kappa shape index (κ1) is 10.7. The van der Waals surface area contributed by atoms with E-state index >= 15 is 0 Å². The molecular formula is C8H5BrFN5O. The summed E-state index contributed by atoms with van der Waals surface area (Å²) in [4.78, 5) is 11.4. The largest absolute Gasteiger partial charge is 0.319 e. The predicted molar refractivity (Wildman–Crippen MR) is 56.2 cm³/mol. The van der Waals surface area contributed by atoms with Gasteiger partial charge in [-0.15, -0.1) is 10.2 Å². The number of amides is 1. The molecule has 0 unspecified atom stereocenters. The van der Waals surface area contributed by atoms with Crippen LogP contribution in [0.15, 0.2) is 22.7 Å². The maximum absolute atomic E-state index is 13.1. The maximum Gasteiger partial charge on any atom is 0.297 e. The Morgan fingerprint density at radius 1 is 1.50 bits per heavy atom. The third kappa shape index (κ3) is 2.22. The molecule has 0 aliphatic rings. The molecule has 1 heterocycles. The number of nitrogens with zero attached hydrogens (tertiary/aromatic N) is 3.